The van der Waals surface area contributed by atoms with E-state index in [4.69, 9.17) is 0 Å². The van der Waals surface area contributed by atoms with E-state index < -0.39 is 0 Å². The zero-order valence-electron chi connectivity index (χ0n) is 25.0. The zero-order valence-corrected chi connectivity index (χ0v) is 26.6. The van der Waals surface area contributed by atoms with E-state index in [0.29, 0.717) is 13.1 Å². The fraction of sp³-hybridized carbons (Fsp3) is 0.0500. The van der Waals surface area contributed by atoms with Crippen LogP contribution in [0.1, 0.15) is 31.8 Å². The molecule has 2 aliphatic heterocycles. The number of benzene rings is 6. The van der Waals surface area contributed by atoms with E-state index in [0.717, 1.165) is 54.3 Å². The van der Waals surface area contributed by atoms with Crippen LogP contribution < -0.4 is 0 Å². The standard InChI is InChI=1S/2C20H15NOS/c2*22-20-18-12-5-4-10-16(18)17-11-6-7-13-19(17)23-21(20)14-15-8-2-1-3-9-15/h2*1-13H,14H2. The van der Waals surface area contributed by atoms with Gasteiger partial charge in [0.05, 0.1) is 13.1 Å². The lowest BCUT2D eigenvalue weighted by Gasteiger charge is -2.20. The van der Waals surface area contributed by atoms with Crippen LogP contribution in [0, 0.1) is 0 Å². The van der Waals surface area contributed by atoms with Crippen LogP contribution in [0.25, 0.3) is 22.3 Å². The highest BCUT2D eigenvalue weighted by atomic mass is 32.2. The average Bonchev–Trinajstić information content (AvgIpc) is 3.31. The Labute approximate surface area is 278 Å². The molecule has 2 heterocycles. The van der Waals surface area contributed by atoms with Gasteiger partial charge in [0.1, 0.15) is 0 Å². The number of hydrogen-bond acceptors (Lipinski definition) is 4. The quantitative estimate of drug-likeness (QED) is 0.181. The second-order valence-electron chi connectivity index (χ2n) is 10.9. The summed E-state index contributed by atoms with van der Waals surface area (Å²) in [6.45, 7) is 1.18. The fourth-order valence-corrected chi connectivity index (χ4v) is 7.74. The maximum atomic E-state index is 13.0. The minimum Gasteiger partial charge on any atom is -0.274 e. The highest BCUT2D eigenvalue weighted by Gasteiger charge is 2.27. The maximum Gasteiger partial charge on any atom is 0.264 e. The normalized spacial score (nSPS) is 13.2. The molecule has 6 aromatic rings. The molecule has 224 valence electrons. The van der Waals surface area contributed by atoms with Crippen LogP contribution >= 0.6 is 23.9 Å². The summed E-state index contributed by atoms with van der Waals surface area (Å²) in [5.41, 5.74) is 8.05. The number of amides is 2. The minimum absolute atomic E-state index is 0.0608. The number of carbonyl (C=O) groups excluding carboxylic acids is 2. The SMILES string of the molecule is O=C1c2ccccc2-c2ccccc2SN1Cc1ccccc1.O=C1c2ccccc2-c2ccccc2SN1Cc1ccccc1. The first-order chi connectivity index (χ1) is 22.7. The topological polar surface area (TPSA) is 40.6 Å². The third-order valence-electron chi connectivity index (χ3n) is 7.88. The maximum absolute atomic E-state index is 13.0. The summed E-state index contributed by atoms with van der Waals surface area (Å²) < 4.78 is 3.69. The Morgan fingerprint density at radius 1 is 0.348 bits per heavy atom. The van der Waals surface area contributed by atoms with Crippen molar-refractivity contribution in [2.75, 3.05) is 0 Å². The van der Waals surface area contributed by atoms with Gasteiger partial charge in [0, 0.05) is 20.9 Å². The molecule has 2 amide bonds. The van der Waals surface area contributed by atoms with Gasteiger partial charge in [-0.3, -0.25) is 18.2 Å². The number of fused-ring (bicyclic) bond motifs is 6. The van der Waals surface area contributed by atoms with Crippen molar-refractivity contribution in [3.05, 3.63) is 180 Å². The Morgan fingerprint density at radius 2 is 0.652 bits per heavy atom. The molecule has 0 spiro atoms. The molecular weight excluding hydrogens is 605 g/mol. The number of nitrogens with zero attached hydrogens (tertiary/aromatic N) is 2. The summed E-state index contributed by atoms with van der Waals surface area (Å²) in [5, 5.41) is 0. The van der Waals surface area contributed by atoms with Crippen LogP contribution in [0.5, 0.6) is 0 Å². The molecule has 0 aromatic heterocycles. The van der Waals surface area contributed by atoms with Gasteiger partial charge >= 0.3 is 0 Å². The van der Waals surface area contributed by atoms with E-state index in [2.05, 4.69) is 48.5 Å². The Kier molecular flexibility index (Phi) is 8.72. The smallest absolute Gasteiger partial charge is 0.264 e. The molecule has 46 heavy (non-hydrogen) atoms. The Morgan fingerprint density at radius 3 is 1.04 bits per heavy atom. The van der Waals surface area contributed by atoms with Gasteiger partial charge in [0.15, 0.2) is 0 Å². The van der Waals surface area contributed by atoms with Crippen molar-refractivity contribution in [1.29, 1.82) is 0 Å². The summed E-state index contributed by atoms with van der Waals surface area (Å²) in [5.74, 6) is 0.122. The Balaban J connectivity index is 0.000000147. The van der Waals surface area contributed by atoms with Crippen molar-refractivity contribution < 1.29 is 9.59 Å². The van der Waals surface area contributed by atoms with Crippen molar-refractivity contribution in [2.45, 2.75) is 22.9 Å². The molecule has 0 bridgehead atoms. The minimum atomic E-state index is 0.0608. The summed E-state index contributed by atoms with van der Waals surface area (Å²) in [6.07, 6.45) is 0. The molecule has 0 aliphatic carbocycles. The zero-order chi connectivity index (χ0) is 31.3. The van der Waals surface area contributed by atoms with Gasteiger partial charge in [-0.2, -0.15) is 0 Å². The molecule has 0 atom stereocenters. The van der Waals surface area contributed by atoms with E-state index in [1.165, 1.54) is 23.9 Å². The summed E-state index contributed by atoms with van der Waals surface area (Å²) in [6, 6.07) is 52.3. The van der Waals surface area contributed by atoms with Crippen LogP contribution in [0.3, 0.4) is 0 Å². The third kappa shape index (κ3) is 6.23. The molecule has 2 aliphatic rings. The molecular formula is C40H30N2O2S2. The first-order valence-electron chi connectivity index (χ1n) is 15.1. The van der Waals surface area contributed by atoms with Gasteiger partial charge < -0.3 is 0 Å². The molecule has 0 radical (unpaired) electrons. The average molecular weight is 635 g/mol. The molecule has 6 aromatic carbocycles. The molecule has 0 fully saturated rings. The van der Waals surface area contributed by atoms with Crippen LogP contribution in [0.2, 0.25) is 0 Å². The molecule has 0 unspecified atom stereocenters. The highest BCUT2D eigenvalue weighted by Crippen LogP contribution is 2.41. The summed E-state index contributed by atoms with van der Waals surface area (Å²) in [4.78, 5) is 28.3. The molecule has 8 rings (SSSR count). The second kappa shape index (κ2) is 13.5. The fourth-order valence-electron chi connectivity index (χ4n) is 5.64. The van der Waals surface area contributed by atoms with E-state index in [-0.39, 0.29) is 11.8 Å². The Bertz CT molecular complexity index is 1870. The predicted molar refractivity (Wildman–Crippen MR) is 188 cm³/mol. The van der Waals surface area contributed by atoms with E-state index in [9.17, 15) is 9.59 Å². The van der Waals surface area contributed by atoms with Crippen molar-refractivity contribution in [3.63, 3.8) is 0 Å². The summed E-state index contributed by atoms with van der Waals surface area (Å²) in [7, 11) is 0. The van der Waals surface area contributed by atoms with Crippen LogP contribution in [0.15, 0.2) is 168 Å². The second-order valence-corrected chi connectivity index (χ2v) is 13.0. The van der Waals surface area contributed by atoms with Gasteiger partial charge in [0.25, 0.3) is 11.8 Å². The predicted octanol–water partition coefficient (Wildman–Crippen LogP) is 10.0. The van der Waals surface area contributed by atoms with Gasteiger partial charge in [-0.05, 0) is 81.5 Å². The van der Waals surface area contributed by atoms with Gasteiger partial charge in [-0.25, -0.2) is 0 Å². The lowest BCUT2D eigenvalue weighted by atomic mass is 9.99. The molecule has 4 nitrogen and oxygen atoms in total. The molecule has 0 N–H and O–H groups in total. The van der Waals surface area contributed by atoms with Gasteiger partial charge in [0.2, 0.25) is 0 Å². The van der Waals surface area contributed by atoms with Crippen molar-refractivity contribution in [2.24, 2.45) is 0 Å². The van der Waals surface area contributed by atoms with Gasteiger partial charge in [-0.1, -0.05) is 133 Å². The van der Waals surface area contributed by atoms with Crippen molar-refractivity contribution >= 4 is 35.7 Å². The number of hydrogen-bond donors (Lipinski definition) is 0. The molecule has 6 heteroatoms. The van der Waals surface area contributed by atoms with Crippen LogP contribution in [-0.2, 0) is 13.1 Å². The monoisotopic (exact) mass is 634 g/mol. The van der Waals surface area contributed by atoms with Crippen molar-refractivity contribution in [1.82, 2.24) is 8.61 Å². The lowest BCUT2D eigenvalue weighted by Crippen LogP contribution is -2.23. The van der Waals surface area contributed by atoms with Crippen molar-refractivity contribution in [3.8, 4) is 22.3 Å². The van der Waals surface area contributed by atoms with E-state index >= 15 is 0 Å². The number of carbonyl (C=O) groups is 2. The Hall–Kier alpha value is -5.04. The van der Waals surface area contributed by atoms with Crippen LogP contribution in [-0.4, -0.2) is 20.4 Å². The van der Waals surface area contributed by atoms with E-state index in [1.807, 2.05) is 118 Å². The lowest BCUT2D eigenvalue weighted by molar-refractivity contribution is 0.0859. The first kappa shape index (κ1) is 29.7. The van der Waals surface area contributed by atoms with Crippen LogP contribution in [0.4, 0.5) is 0 Å². The first-order valence-corrected chi connectivity index (χ1v) is 16.6. The van der Waals surface area contributed by atoms with Gasteiger partial charge in [-0.15, -0.1) is 0 Å². The largest absolute Gasteiger partial charge is 0.274 e. The summed E-state index contributed by atoms with van der Waals surface area (Å²) >= 11 is 3.04. The molecule has 0 saturated carbocycles. The highest BCUT2D eigenvalue weighted by molar-refractivity contribution is 7.98. The van der Waals surface area contributed by atoms with E-state index in [1.54, 1.807) is 0 Å². The third-order valence-corrected chi connectivity index (χ3v) is 10.0. The number of rotatable bonds is 4. The molecule has 0 saturated heterocycles.